The number of allylic oxidation sites excluding steroid dienone is 2. The lowest BCUT2D eigenvalue weighted by Gasteiger charge is -2.06. The fourth-order valence-corrected chi connectivity index (χ4v) is 1.01. The predicted octanol–water partition coefficient (Wildman–Crippen LogP) is 2.19. The molecule has 0 spiro atoms. The maximum absolute atomic E-state index is 12.3. The summed E-state index contributed by atoms with van der Waals surface area (Å²) in [6.45, 7) is 5.21. The van der Waals surface area contributed by atoms with Crippen LogP contribution in [0, 0.1) is 0 Å². The van der Waals surface area contributed by atoms with E-state index in [4.69, 9.17) is 0 Å². The molecule has 0 saturated carbocycles. The predicted molar refractivity (Wildman–Crippen MR) is 63.6 cm³/mol. The van der Waals surface area contributed by atoms with E-state index in [1.165, 1.54) is 19.1 Å². The Balaban J connectivity index is 4.50. The normalized spacial score (nSPS) is 13.7. The van der Waals surface area contributed by atoms with Gasteiger partial charge in [0.15, 0.2) is 0 Å². The van der Waals surface area contributed by atoms with Crippen molar-refractivity contribution in [3.05, 3.63) is 24.2 Å². The second-order valence-electron chi connectivity index (χ2n) is 2.63. The quantitative estimate of drug-likeness (QED) is 0.573. The van der Waals surface area contributed by atoms with E-state index in [0.717, 1.165) is 0 Å². The van der Waals surface area contributed by atoms with Gasteiger partial charge in [0.2, 0.25) is 0 Å². The van der Waals surface area contributed by atoms with Crippen molar-refractivity contribution in [1.82, 2.24) is 5.32 Å². The van der Waals surface area contributed by atoms with Crippen molar-refractivity contribution in [3.8, 4) is 0 Å². The molecule has 0 aromatic rings. The molecule has 0 aliphatic rings. The van der Waals surface area contributed by atoms with Gasteiger partial charge in [-0.15, -0.1) is 0 Å². The Morgan fingerprint density at radius 1 is 1.53 bits per heavy atom. The van der Waals surface area contributed by atoms with Crippen molar-refractivity contribution in [2.45, 2.75) is 13.3 Å². The summed E-state index contributed by atoms with van der Waals surface area (Å²) < 4.78 is 24.6. The standard InChI is InChI=1S/C9H14F2N3P/c1-6(14-7(2)13-5-15)4-8(12-3)9(10)11/h4-5,9,14H,2,15H2,1,3H3/b6-4+,12-8?,13-5-. The molecule has 0 radical (unpaired) electrons. The maximum atomic E-state index is 12.3. The summed E-state index contributed by atoms with van der Waals surface area (Å²) in [4.78, 5) is 7.27. The second-order valence-corrected chi connectivity index (χ2v) is 2.92. The molecule has 0 aromatic heterocycles. The lowest BCUT2D eigenvalue weighted by atomic mass is 10.3. The summed E-state index contributed by atoms with van der Waals surface area (Å²) in [5.41, 5.74) is 0.235. The number of halogens is 2. The number of aliphatic imine (C=N–C) groups is 2. The Morgan fingerprint density at radius 3 is 2.53 bits per heavy atom. The van der Waals surface area contributed by atoms with E-state index in [-0.39, 0.29) is 5.71 Å². The van der Waals surface area contributed by atoms with Gasteiger partial charge in [0.05, 0.1) is 0 Å². The molecule has 84 valence electrons. The van der Waals surface area contributed by atoms with E-state index in [0.29, 0.717) is 11.5 Å². The number of rotatable bonds is 5. The van der Waals surface area contributed by atoms with Crippen LogP contribution in [0.2, 0.25) is 0 Å². The van der Waals surface area contributed by atoms with Gasteiger partial charge in [-0.3, -0.25) is 4.99 Å². The van der Waals surface area contributed by atoms with Crippen LogP contribution < -0.4 is 5.32 Å². The molecule has 0 aromatic carbocycles. The third kappa shape index (κ3) is 6.07. The molecule has 0 bridgehead atoms. The number of nitrogens with zero attached hydrogens (tertiary/aromatic N) is 2. The lowest BCUT2D eigenvalue weighted by Crippen LogP contribution is -2.13. The third-order valence-corrected chi connectivity index (χ3v) is 1.57. The highest BCUT2D eigenvalue weighted by Gasteiger charge is 2.09. The minimum Gasteiger partial charge on any atom is -0.345 e. The topological polar surface area (TPSA) is 36.8 Å². The van der Waals surface area contributed by atoms with E-state index < -0.39 is 6.43 Å². The molecule has 0 rings (SSSR count). The van der Waals surface area contributed by atoms with Gasteiger partial charge in [0.1, 0.15) is 11.5 Å². The summed E-state index contributed by atoms with van der Waals surface area (Å²) >= 11 is 0. The molecule has 1 N–H and O–H groups in total. The average Bonchev–Trinajstić information content (AvgIpc) is 2.13. The average molecular weight is 233 g/mol. The van der Waals surface area contributed by atoms with E-state index in [1.54, 1.807) is 6.92 Å². The maximum Gasteiger partial charge on any atom is 0.279 e. The lowest BCUT2D eigenvalue weighted by molar-refractivity contribution is 0.226. The first kappa shape index (κ1) is 13.9. The molecule has 15 heavy (non-hydrogen) atoms. The first-order valence-electron chi connectivity index (χ1n) is 4.14. The Hall–Kier alpha value is -1.09. The molecule has 1 unspecified atom stereocenters. The van der Waals surface area contributed by atoms with Crippen LogP contribution >= 0.6 is 9.24 Å². The molecule has 0 aliphatic heterocycles. The molecular formula is C9H14F2N3P. The Kier molecular flexibility index (Phi) is 6.71. The van der Waals surface area contributed by atoms with Crippen LogP contribution in [0.1, 0.15) is 6.92 Å². The largest absolute Gasteiger partial charge is 0.345 e. The monoisotopic (exact) mass is 233 g/mol. The van der Waals surface area contributed by atoms with E-state index in [1.807, 2.05) is 0 Å². The van der Waals surface area contributed by atoms with Crippen molar-refractivity contribution in [1.29, 1.82) is 0 Å². The Morgan fingerprint density at radius 2 is 2.13 bits per heavy atom. The first-order chi connectivity index (χ1) is 7.01. The van der Waals surface area contributed by atoms with Crippen LogP contribution in [-0.4, -0.2) is 25.1 Å². The van der Waals surface area contributed by atoms with Crippen LogP contribution in [0.15, 0.2) is 34.2 Å². The molecule has 0 fully saturated rings. The SMILES string of the molecule is C=C(/N=C\P)N/C(C)=C/C(=NC)C(F)F. The van der Waals surface area contributed by atoms with E-state index in [9.17, 15) is 8.78 Å². The fourth-order valence-electron chi connectivity index (χ4n) is 0.833. The highest BCUT2D eigenvalue weighted by Crippen LogP contribution is 2.02. The van der Waals surface area contributed by atoms with Crippen LogP contribution in [0.4, 0.5) is 8.78 Å². The summed E-state index contributed by atoms with van der Waals surface area (Å²) in [6.07, 6.45) is -1.32. The van der Waals surface area contributed by atoms with Crippen molar-refractivity contribution in [2.75, 3.05) is 7.05 Å². The van der Waals surface area contributed by atoms with Crippen LogP contribution in [0.5, 0.6) is 0 Å². The number of alkyl halides is 2. The summed E-state index contributed by atoms with van der Waals surface area (Å²) in [6, 6.07) is 0. The van der Waals surface area contributed by atoms with Crippen molar-refractivity contribution in [2.24, 2.45) is 9.98 Å². The van der Waals surface area contributed by atoms with Gasteiger partial charge in [0, 0.05) is 18.7 Å². The molecule has 0 saturated heterocycles. The number of hydrogen-bond acceptors (Lipinski definition) is 3. The minimum atomic E-state index is -2.58. The van der Waals surface area contributed by atoms with Crippen LogP contribution in [0.25, 0.3) is 0 Å². The number of nitrogens with one attached hydrogen (secondary N) is 1. The molecule has 0 heterocycles. The van der Waals surface area contributed by atoms with E-state index >= 15 is 0 Å². The molecule has 1 atom stereocenters. The van der Waals surface area contributed by atoms with E-state index in [2.05, 4.69) is 31.1 Å². The number of hydrogen-bond donors (Lipinski definition) is 1. The molecular weight excluding hydrogens is 219 g/mol. The first-order valence-corrected chi connectivity index (χ1v) is 4.81. The van der Waals surface area contributed by atoms with Gasteiger partial charge >= 0.3 is 0 Å². The van der Waals surface area contributed by atoms with Crippen LogP contribution in [-0.2, 0) is 0 Å². The van der Waals surface area contributed by atoms with Crippen molar-refractivity contribution < 1.29 is 8.78 Å². The van der Waals surface area contributed by atoms with Gasteiger partial charge in [-0.2, -0.15) is 0 Å². The fraction of sp³-hybridized carbons (Fsp3) is 0.333. The zero-order valence-corrected chi connectivity index (χ0v) is 9.82. The van der Waals surface area contributed by atoms with Gasteiger partial charge < -0.3 is 5.32 Å². The summed E-state index contributed by atoms with van der Waals surface area (Å²) in [7, 11) is 3.61. The zero-order chi connectivity index (χ0) is 11.8. The molecule has 3 nitrogen and oxygen atoms in total. The zero-order valence-electron chi connectivity index (χ0n) is 8.67. The summed E-state index contributed by atoms with van der Waals surface area (Å²) in [5.74, 6) is 1.85. The third-order valence-electron chi connectivity index (χ3n) is 1.42. The van der Waals surface area contributed by atoms with Gasteiger partial charge in [-0.1, -0.05) is 15.8 Å². The molecule has 6 heteroatoms. The van der Waals surface area contributed by atoms with Crippen molar-refractivity contribution >= 4 is 20.9 Å². The van der Waals surface area contributed by atoms with Crippen LogP contribution in [0.3, 0.4) is 0 Å². The molecule has 0 aliphatic carbocycles. The minimum absolute atomic E-state index is 0.275. The van der Waals surface area contributed by atoms with Gasteiger partial charge in [-0.25, -0.2) is 13.8 Å². The second kappa shape index (κ2) is 7.23. The van der Waals surface area contributed by atoms with Gasteiger partial charge in [0.25, 0.3) is 6.43 Å². The van der Waals surface area contributed by atoms with Crippen molar-refractivity contribution in [3.63, 3.8) is 0 Å². The Labute approximate surface area is 90.3 Å². The highest BCUT2D eigenvalue weighted by atomic mass is 31.0. The highest BCUT2D eigenvalue weighted by molar-refractivity contribution is 7.36. The van der Waals surface area contributed by atoms with Gasteiger partial charge in [-0.05, 0) is 13.0 Å². The summed E-state index contributed by atoms with van der Waals surface area (Å²) in [5, 5.41) is 2.74. The Bertz CT molecular complexity index is 308. The molecule has 0 amide bonds. The smallest absolute Gasteiger partial charge is 0.279 e.